The lowest BCUT2D eigenvalue weighted by atomic mass is 10.1. The van der Waals surface area contributed by atoms with Crippen molar-refractivity contribution < 1.29 is 14.0 Å². The summed E-state index contributed by atoms with van der Waals surface area (Å²) in [5.41, 5.74) is 1.89. The molecule has 0 aliphatic carbocycles. The predicted molar refractivity (Wildman–Crippen MR) is 108 cm³/mol. The van der Waals surface area contributed by atoms with Crippen LogP contribution in [0.15, 0.2) is 52.0 Å². The molecule has 1 aliphatic rings. The number of benzene rings is 1. The highest BCUT2D eigenvalue weighted by Gasteiger charge is 2.32. The second-order valence-electron chi connectivity index (χ2n) is 5.66. The van der Waals surface area contributed by atoms with E-state index in [4.69, 9.17) is 16.6 Å². The summed E-state index contributed by atoms with van der Waals surface area (Å²) in [4.78, 5) is 26.7. The lowest BCUT2D eigenvalue weighted by Crippen LogP contribution is -2.31. The Bertz CT molecular complexity index is 859. The molecule has 0 radical (unpaired) electrons. The van der Waals surface area contributed by atoms with Crippen LogP contribution in [0.5, 0.6) is 0 Å². The van der Waals surface area contributed by atoms with E-state index >= 15 is 0 Å². The van der Waals surface area contributed by atoms with E-state index in [0.29, 0.717) is 15.0 Å². The Morgan fingerprint density at radius 1 is 1.31 bits per heavy atom. The van der Waals surface area contributed by atoms with E-state index in [1.54, 1.807) is 24.5 Å². The fourth-order valence-electron chi connectivity index (χ4n) is 2.57. The average Bonchev–Trinajstić information content (AvgIpc) is 3.23. The number of thioether (sulfide) groups is 1. The molecular formula is C19H18N2O3S2. The molecular weight excluding hydrogens is 368 g/mol. The minimum atomic E-state index is -0.196. The largest absolute Gasteiger partial charge is 0.465 e. The third kappa shape index (κ3) is 4.23. The number of carbonyl (C=O) groups is 2. The second-order valence-corrected chi connectivity index (χ2v) is 7.33. The molecule has 26 heavy (non-hydrogen) atoms. The van der Waals surface area contributed by atoms with Crippen molar-refractivity contribution in [2.45, 2.75) is 19.8 Å². The van der Waals surface area contributed by atoms with Gasteiger partial charge in [0.25, 0.3) is 5.91 Å². The highest BCUT2D eigenvalue weighted by atomic mass is 32.2. The van der Waals surface area contributed by atoms with Gasteiger partial charge in [-0.3, -0.25) is 14.5 Å². The predicted octanol–water partition coefficient (Wildman–Crippen LogP) is 4.07. The number of nitrogens with zero attached hydrogens (tertiary/aromatic N) is 1. The van der Waals surface area contributed by atoms with Gasteiger partial charge in [0.05, 0.1) is 11.2 Å². The summed E-state index contributed by atoms with van der Waals surface area (Å²) in [7, 11) is 0. The maximum atomic E-state index is 12.5. The minimum Gasteiger partial charge on any atom is -0.465 e. The summed E-state index contributed by atoms with van der Waals surface area (Å²) in [6.07, 6.45) is 4.23. The number of thiocarbonyl (C=S) groups is 1. The van der Waals surface area contributed by atoms with E-state index in [-0.39, 0.29) is 24.8 Å². The number of carbonyl (C=O) groups excluding carboxylic acids is 2. The molecule has 134 valence electrons. The maximum absolute atomic E-state index is 12.5. The van der Waals surface area contributed by atoms with E-state index in [1.165, 1.54) is 16.7 Å². The Kier molecular flexibility index (Phi) is 5.90. The number of amides is 2. The Labute approximate surface area is 161 Å². The molecule has 0 atom stereocenters. The molecule has 0 unspecified atom stereocenters. The van der Waals surface area contributed by atoms with Crippen molar-refractivity contribution in [1.29, 1.82) is 0 Å². The minimum absolute atomic E-state index is 0.144. The molecule has 2 amide bonds. The highest BCUT2D eigenvalue weighted by Crippen LogP contribution is 2.32. The van der Waals surface area contributed by atoms with Crippen LogP contribution in [0.4, 0.5) is 5.69 Å². The lowest BCUT2D eigenvalue weighted by molar-refractivity contribution is -0.122. The summed E-state index contributed by atoms with van der Waals surface area (Å²) in [6, 6.07) is 11.2. The van der Waals surface area contributed by atoms with Gasteiger partial charge in [0, 0.05) is 24.7 Å². The van der Waals surface area contributed by atoms with Crippen LogP contribution in [0.2, 0.25) is 0 Å². The zero-order valence-electron chi connectivity index (χ0n) is 14.2. The van der Waals surface area contributed by atoms with Gasteiger partial charge in [-0.1, -0.05) is 49.1 Å². The fourth-order valence-corrected chi connectivity index (χ4v) is 3.86. The molecule has 2 heterocycles. The molecule has 1 fully saturated rings. The number of rotatable bonds is 6. The van der Waals surface area contributed by atoms with Crippen molar-refractivity contribution in [2.24, 2.45) is 0 Å². The van der Waals surface area contributed by atoms with Gasteiger partial charge in [-0.2, -0.15) is 0 Å². The molecule has 1 N–H and O–H groups in total. The van der Waals surface area contributed by atoms with Gasteiger partial charge in [-0.15, -0.1) is 0 Å². The van der Waals surface area contributed by atoms with Crippen LogP contribution < -0.4 is 5.32 Å². The van der Waals surface area contributed by atoms with Gasteiger partial charge in [-0.05, 0) is 30.2 Å². The van der Waals surface area contributed by atoms with Gasteiger partial charge in [0.1, 0.15) is 10.1 Å². The van der Waals surface area contributed by atoms with Crippen LogP contribution in [-0.4, -0.2) is 27.6 Å². The average molecular weight is 386 g/mol. The topological polar surface area (TPSA) is 62.6 Å². The van der Waals surface area contributed by atoms with Crippen LogP contribution in [0.25, 0.3) is 6.08 Å². The smallest absolute Gasteiger partial charge is 0.266 e. The van der Waals surface area contributed by atoms with Crippen molar-refractivity contribution in [3.8, 4) is 0 Å². The number of nitrogens with one attached hydrogen (secondary N) is 1. The van der Waals surface area contributed by atoms with Crippen molar-refractivity contribution in [3.05, 3.63) is 58.9 Å². The first-order valence-corrected chi connectivity index (χ1v) is 9.47. The standard InChI is InChI=1S/C19H18N2O3S2/c1-2-13-6-3-4-8-15(13)20-17(22)9-10-21-18(23)16(26-19(21)25)12-14-7-5-11-24-14/h3-8,11-12H,2,9-10H2,1H3,(H,20,22)/b16-12+. The summed E-state index contributed by atoms with van der Waals surface area (Å²) >= 11 is 6.50. The molecule has 0 spiro atoms. The van der Waals surface area contributed by atoms with Crippen molar-refractivity contribution >= 4 is 51.9 Å². The zero-order chi connectivity index (χ0) is 18.5. The third-order valence-corrected chi connectivity index (χ3v) is 5.30. The van der Waals surface area contributed by atoms with Gasteiger partial charge in [-0.25, -0.2) is 0 Å². The molecule has 3 rings (SSSR count). The van der Waals surface area contributed by atoms with Crippen LogP contribution in [0, 0.1) is 0 Å². The molecule has 2 aromatic rings. The van der Waals surface area contributed by atoms with Crippen LogP contribution in [0.1, 0.15) is 24.7 Å². The first kappa shape index (κ1) is 18.4. The van der Waals surface area contributed by atoms with Crippen LogP contribution >= 0.6 is 24.0 Å². The molecule has 7 heteroatoms. The molecule has 0 bridgehead atoms. The van der Waals surface area contributed by atoms with E-state index in [0.717, 1.165) is 17.7 Å². The number of hydrogen-bond donors (Lipinski definition) is 1. The Morgan fingerprint density at radius 3 is 2.85 bits per heavy atom. The first-order chi connectivity index (χ1) is 12.6. The van der Waals surface area contributed by atoms with Crippen LogP contribution in [0.3, 0.4) is 0 Å². The number of furan rings is 1. The van der Waals surface area contributed by atoms with Crippen LogP contribution in [-0.2, 0) is 16.0 Å². The third-order valence-electron chi connectivity index (χ3n) is 3.92. The SMILES string of the molecule is CCc1ccccc1NC(=O)CCN1C(=O)/C(=C\c2ccco2)SC1=S. The lowest BCUT2D eigenvalue weighted by Gasteiger charge is -2.15. The fraction of sp³-hybridized carbons (Fsp3) is 0.211. The summed E-state index contributed by atoms with van der Waals surface area (Å²) < 4.78 is 5.69. The Hall–Kier alpha value is -2.38. The number of aryl methyl sites for hydroxylation is 1. The number of hydrogen-bond acceptors (Lipinski definition) is 5. The number of para-hydroxylation sites is 1. The first-order valence-electron chi connectivity index (χ1n) is 8.25. The molecule has 5 nitrogen and oxygen atoms in total. The monoisotopic (exact) mass is 386 g/mol. The maximum Gasteiger partial charge on any atom is 0.266 e. The van der Waals surface area contributed by atoms with Crippen molar-refractivity contribution in [2.75, 3.05) is 11.9 Å². The van der Waals surface area contributed by atoms with Gasteiger partial charge >= 0.3 is 0 Å². The van der Waals surface area contributed by atoms with Gasteiger partial charge in [0.2, 0.25) is 5.91 Å². The van der Waals surface area contributed by atoms with E-state index in [2.05, 4.69) is 5.32 Å². The quantitative estimate of drug-likeness (QED) is 0.599. The van der Waals surface area contributed by atoms with E-state index < -0.39 is 0 Å². The molecule has 1 aromatic heterocycles. The Morgan fingerprint density at radius 2 is 2.12 bits per heavy atom. The van der Waals surface area contributed by atoms with Gasteiger partial charge < -0.3 is 9.73 Å². The molecule has 1 aromatic carbocycles. The Balaban J connectivity index is 1.60. The second kappa shape index (κ2) is 8.33. The summed E-state index contributed by atoms with van der Waals surface area (Å²) in [6.45, 7) is 2.29. The van der Waals surface area contributed by atoms with E-state index in [9.17, 15) is 9.59 Å². The molecule has 0 saturated carbocycles. The molecule has 1 aliphatic heterocycles. The normalized spacial score (nSPS) is 15.7. The summed E-state index contributed by atoms with van der Waals surface area (Å²) in [5.74, 6) is 0.257. The highest BCUT2D eigenvalue weighted by molar-refractivity contribution is 8.26. The van der Waals surface area contributed by atoms with Gasteiger partial charge in [0.15, 0.2) is 0 Å². The number of anilines is 1. The zero-order valence-corrected chi connectivity index (χ0v) is 15.9. The van der Waals surface area contributed by atoms with Crippen molar-refractivity contribution in [3.63, 3.8) is 0 Å². The molecule has 1 saturated heterocycles. The van der Waals surface area contributed by atoms with E-state index in [1.807, 2.05) is 31.2 Å². The van der Waals surface area contributed by atoms with Crippen molar-refractivity contribution in [1.82, 2.24) is 4.90 Å². The summed E-state index contributed by atoms with van der Waals surface area (Å²) in [5, 5.41) is 2.91.